The lowest BCUT2D eigenvalue weighted by atomic mass is 10.1. The molecule has 7 heteroatoms. The molecule has 0 fully saturated rings. The van der Waals surface area contributed by atoms with Gasteiger partial charge in [-0.15, -0.1) is 0 Å². The predicted octanol–water partition coefficient (Wildman–Crippen LogP) is 5.03. The molecule has 0 aliphatic carbocycles. The fourth-order valence-corrected chi connectivity index (χ4v) is 1.96. The Bertz CT molecular complexity index is 772. The van der Waals surface area contributed by atoms with Crippen LogP contribution in [-0.4, -0.2) is 5.91 Å². The summed E-state index contributed by atoms with van der Waals surface area (Å²) >= 11 is 0. The maximum Gasteiger partial charge on any atom is 0.221 e. The smallest absolute Gasteiger partial charge is 0.221 e. The van der Waals surface area contributed by atoms with Crippen molar-refractivity contribution in [2.75, 3.05) is 5.32 Å². The van der Waals surface area contributed by atoms with Crippen LogP contribution >= 0.6 is 0 Å². The average molecular weight is 339 g/mol. The van der Waals surface area contributed by atoms with E-state index in [1.54, 1.807) is 0 Å². The number of amides is 1. The fraction of sp³-hybridized carbons (Fsp3) is 0.118. The number of carbonyl (C=O) groups is 1. The van der Waals surface area contributed by atoms with Crippen LogP contribution in [0.15, 0.2) is 30.3 Å². The van der Waals surface area contributed by atoms with E-state index in [1.165, 1.54) is 44.2 Å². The molecule has 1 amide bonds. The molecule has 0 heterocycles. The number of nitrogens with one attached hydrogen (secondary N) is 1. The van der Waals surface area contributed by atoms with Gasteiger partial charge in [-0.2, -0.15) is 8.78 Å². The second-order valence-electron chi connectivity index (χ2n) is 4.81. The zero-order valence-corrected chi connectivity index (χ0v) is 12.8. The van der Waals surface area contributed by atoms with Crippen molar-refractivity contribution in [1.29, 1.82) is 0 Å². The van der Waals surface area contributed by atoms with Gasteiger partial charge >= 0.3 is 0 Å². The lowest BCUT2D eigenvalue weighted by molar-refractivity contribution is -0.114. The summed E-state index contributed by atoms with van der Waals surface area (Å²) in [6, 6.07) is 5.40. The summed E-state index contributed by atoms with van der Waals surface area (Å²) in [6.45, 7) is 2.77. The van der Waals surface area contributed by atoms with Gasteiger partial charge in [0, 0.05) is 12.6 Å². The largest absolute Gasteiger partial charge is 0.451 e. The number of benzene rings is 2. The van der Waals surface area contributed by atoms with E-state index in [9.17, 15) is 22.4 Å². The van der Waals surface area contributed by atoms with E-state index in [2.05, 4.69) is 5.32 Å². The van der Waals surface area contributed by atoms with E-state index in [0.29, 0.717) is 5.69 Å². The van der Waals surface area contributed by atoms with Crippen LogP contribution in [0.3, 0.4) is 0 Å². The zero-order valence-electron chi connectivity index (χ0n) is 12.8. The molecule has 0 saturated heterocycles. The number of halogens is 4. The molecule has 1 N–H and O–H groups in total. The van der Waals surface area contributed by atoms with Gasteiger partial charge in [-0.05, 0) is 31.2 Å². The van der Waals surface area contributed by atoms with Gasteiger partial charge in [-0.1, -0.05) is 12.2 Å². The monoisotopic (exact) mass is 339 g/mol. The molecular weight excluding hydrogens is 326 g/mol. The molecule has 2 rings (SSSR count). The number of rotatable bonds is 4. The first-order valence-corrected chi connectivity index (χ1v) is 6.89. The maximum absolute atomic E-state index is 14.0. The molecule has 2 aromatic carbocycles. The first-order valence-electron chi connectivity index (χ1n) is 6.89. The van der Waals surface area contributed by atoms with Crippen LogP contribution in [0.25, 0.3) is 6.08 Å². The first kappa shape index (κ1) is 17.5. The maximum atomic E-state index is 14.0. The lowest BCUT2D eigenvalue weighted by Gasteiger charge is -2.12. The van der Waals surface area contributed by atoms with Crippen LogP contribution in [0.5, 0.6) is 11.5 Å². The molecule has 126 valence electrons. The van der Waals surface area contributed by atoms with E-state index in [1.807, 2.05) is 0 Å². The van der Waals surface area contributed by atoms with Crippen molar-refractivity contribution in [2.45, 2.75) is 13.8 Å². The Balaban J connectivity index is 2.38. The quantitative estimate of drug-likeness (QED) is 0.627. The summed E-state index contributed by atoms with van der Waals surface area (Å²) in [6.07, 6.45) is 2.17. The Morgan fingerprint density at radius 3 is 2.00 bits per heavy atom. The molecule has 0 spiro atoms. The minimum atomic E-state index is -1.63. The molecule has 24 heavy (non-hydrogen) atoms. The highest BCUT2D eigenvalue weighted by Gasteiger charge is 2.25. The Morgan fingerprint density at radius 2 is 1.54 bits per heavy atom. The van der Waals surface area contributed by atoms with Gasteiger partial charge in [0.15, 0.2) is 11.6 Å². The third kappa shape index (κ3) is 3.56. The Hall–Kier alpha value is -2.83. The minimum Gasteiger partial charge on any atom is -0.451 e. The minimum absolute atomic E-state index is 0.0560. The lowest BCUT2D eigenvalue weighted by Crippen LogP contribution is -2.05. The zero-order chi connectivity index (χ0) is 17.9. The number of hydrogen-bond acceptors (Lipinski definition) is 2. The fourth-order valence-electron chi connectivity index (χ4n) is 1.96. The van der Waals surface area contributed by atoms with Gasteiger partial charge < -0.3 is 10.1 Å². The van der Waals surface area contributed by atoms with Gasteiger partial charge in [0.05, 0.1) is 5.56 Å². The standard InChI is InChI=1S/C17H13F4NO2/c1-3-4-12-13(18)15(20)17(16(21)14(12)19)24-11-7-5-10(6-8-11)22-9(2)23/h3-8H,1-2H3,(H,22,23)/b4-3+. The van der Waals surface area contributed by atoms with Gasteiger partial charge in [0.1, 0.15) is 5.75 Å². The highest BCUT2D eigenvalue weighted by Crippen LogP contribution is 2.34. The number of anilines is 1. The molecule has 0 aliphatic heterocycles. The van der Waals surface area contributed by atoms with Crippen molar-refractivity contribution in [3.8, 4) is 11.5 Å². The van der Waals surface area contributed by atoms with E-state index >= 15 is 0 Å². The van der Waals surface area contributed by atoms with Crippen molar-refractivity contribution < 1.29 is 27.1 Å². The molecule has 0 atom stereocenters. The van der Waals surface area contributed by atoms with Crippen molar-refractivity contribution in [2.24, 2.45) is 0 Å². The molecule has 0 bridgehead atoms. The van der Waals surface area contributed by atoms with Crippen LogP contribution in [-0.2, 0) is 4.79 Å². The molecule has 2 aromatic rings. The van der Waals surface area contributed by atoms with Gasteiger partial charge in [0.25, 0.3) is 0 Å². The number of hydrogen-bond donors (Lipinski definition) is 1. The van der Waals surface area contributed by atoms with Gasteiger partial charge in [-0.3, -0.25) is 4.79 Å². The summed E-state index contributed by atoms with van der Waals surface area (Å²) in [5.74, 6) is -7.89. The summed E-state index contributed by atoms with van der Waals surface area (Å²) < 4.78 is 60.5. The predicted molar refractivity (Wildman–Crippen MR) is 81.8 cm³/mol. The van der Waals surface area contributed by atoms with Crippen molar-refractivity contribution in [3.63, 3.8) is 0 Å². The highest BCUT2D eigenvalue weighted by atomic mass is 19.2. The Kier molecular flexibility index (Phi) is 5.23. The summed E-state index contributed by atoms with van der Waals surface area (Å²) in [4.78, 5) is 10.9. The van der Waals surface area contributed by atoms with Crippen molar-refractivity contribution in [1.82, 2.24) is 0 Å². The Morgan fingerprint density at radius 1 is 1.00 bits per heavy atom. The van der Waals surface area contributed by atoms with Crippen molar-refractivity contribution >= 4 is 17.7 Å². The normalized spacial score (nSPS) is 10.9. The molecule has 0 unspecified atom stereocenters. The molecule has 0 radical (unpaired) electrons. The van der Waals surface area contributed by atoms with Crippen molar-refractivity contribution in [3.05, 3.63) is 59.2 Å². The molecule has 0 aromatic heterocycles. The van der Waals surface area contributed by atoms with Gasteiger partial charge in [-0.25, -0.2) is 8.78 Å². The number of allylic oxidation sites excluding steroid dienone is 1. The topological polar surface area (TPSA) is 38.3 Å². The highest BCUT2D eigenvalue weighted by molar-refractivity contribution is 5.88. The van der Waals surface area contributed by atoms with Crippen LogP contribution in [0.1, 0.15) is 19.4 Å². The van der Waals surface area contributed by atoms with Crippen LogP contribution in [0.4, 0.5) is 23.2 Å². The molecular formula is C17H13F4NO2. The second-order valence-corrected chi connectivity index (χ2v) is 4.81. The summed E-state index contributed by atoms with van der Waals surface area (Å²) in [7, 11) is 0. The third-order valence-corrected chi connectivity index (χ3v) is 2.98. The molecule has 3 nitrogen and oxygen atoms in total. The van der Waals surface area contributed by atoms with Crippen LogP contribution in [0, 0.1) is 23.3 Å². The van der Waals surface area contributed by atoms with E-state index in [4.69, 9.17) is 4.74 Å². The molecule has 0 aliphatic rings. The summed E-state index contributed by atoms with van der Waals surface area (Å²) in [5.41, 5.74) is -0.391. The van der Waals surface area contributed by atoms with E-state index < -0.39 is 34.6 Å². The van der Waals surface area contributed by atoms with Crippen LogP contribution < -0.4 is 10.1 Å². The summed E-state index contributed by atoms with van der Waals surface area (Å²) in [5, 5.41) is 2.49. The third-order valence-electron chi connectivity index (χ3n) is 2.98. The van der Waals surface area contributed by atoms with Gasteiger partial charge in [0.2, 0.25) is 23.3 Å². The van der Waals surface area contributed by atoms with Crippen LogP contribution in [0.2, 0.25) is 0 Å². The average Bonchev–Trinajstić information content (AvgIpc) is 2.55. The SMILES string of the molecule is C/C=C/c1c(F)c(F)c(Oc2ccc(NC(C)=O)cc2)c(F)c1F. The van der Waals surface area contributed by atoms with E-state index in [-0.39, 0.29) is 11.7 Å². The first-order chi connectivity index (χ1) is 11.3. The Labute approximate surface area is 135 Å². The van der Waals surface area contributed by atoms with E-state index in [0.717, 1.165) is 6.08 Å². The second kappa shape index (κ2) is 7.16. The molecule has 0 saturated carbocycles. The number of carbonyl (C=O) groups excluding carboxylic acids is 1. The number of ether oxygens (including phenoxy) is 1.